The largest absolute Gasteiger partial charge is 0.381 e. The number of ether oxygens (including phenoxy) is 1. The standard InChI is InChI=1S/C8H15NO2/c1-6(8(9)10)4-7-2-3-11-5-7/h6-7H,2-5H2,1H3,(H2,9,10)/t6?,7-/m0/s1. The first-order valence-corrected chi connectivity index (χ1v) is 4.07. The smallest absolute Gasteiger partial charge is 0.220 e. The summed E-state index contributed by atoms with van der Waals surface area (Å²) < 4.78 is 5.19. The first-order chi connectivity index (χ1) is 5.20. The van der Waals surface area contributed by atoms with Crippen molar-refractivity contribution in [1.29, 1.82) is 0 Å². The third kappa shape index (κ3) is 2.50. The third-order valence-corrected chi connectivity index (χ3v) is 2.20. The predicted molar refractivity (Wildman–Crippen MR) is 41.9 cm³/mol. The van der Waals surface area contributed by atoms with Gasteiger partial charge in [0.25, 0.3) is 0 Å². The van der Waals surface area contributed by atoms with Gasteiger partial charge in [0, 0.05) is 19.1 Å². The molecule has 0 aromatic carbocycles. The summed E-state index contributed by atoms with van der Waals surface area (Å²) in [5, 5.41) is 0. The first kappa shape index (κ1) is 8.53. The second-order valence-corrected chi connectivity index (χ2v) is 3.27. The van der Waals surface area contributed by atoms with E-state index in [0.717, 1.165) is 26.1 Å². The SMILES string of the molecule is CC(C[C@@H]1CCOC1)C(N)=O. The van der Waals surface area contributed by atoms with Gasteiger partial charge < -0.3 is 10.5 Å². The molecule has 0 aliphatic carbocycles. The summed E-state index contributed by atoms with van der Waals surface area (Å²) in [6.45, 7) is 3.52. The van der Waals surface area contributed by atoms with Gasteiger partial charge >= 0.3 is 0 Å². The first-order valence-electron chi connectivity index (χ1n) is 4.07. The number of carbonyl (C=O) groups excluding carboxylic acids is 1. The van der Waals surface area contributed by atoms with Gasteiger partial charge in [-0.05, 0) is 18.8 Å². The van der Waals surface area contributed by atoms with Crippen molar-refractivity contribution < 1.29 is 9.53 Å². The Bertz CT molecular complexity index is 141. The van der Waals surface area contributed by atoms with E-state index in [0.29, 0.717) is 5.92 Å². The molecule has 2 atom stereocenters. The van der Waals surface area contributed by atoms with Crippen LogP contribution >= 0.6 is 0 Å². The van der Waals surface area contributed by atoms with E-state index in [1.165, 1.54) is 0 Å². The molecule has 1 aliphatic heterocycles. The molecule has 1 heterocycles. The molecule has 1 amide bonds. The summed E-state index contributed by atoms with van der Waals surface area (Å²) >= 11 is 0. The van der Waals surface area contributed by atoms with E-state index in [2.05, 4.69) is 0 Å². The molecule has 0 spiro atoms. The van der Waals surface area contributed by atoms with Gasteiger partial charge in [-0.2, -0.15) is 0 Å². The van der Waals surface area contributed by atoms with Crippen LogP contribution in [0.15, 0.2) is 0 Å². The molecule has 0 bridgehead atoms. The van der Waals surface area contributed by atoms with E-state index in [4.69, 9.17) is 10.5 Å². The Kier molecular flexibility index (Phi) is 2.88. The number of primary amides is 1. The van der Waals surface area contributed by atoms with Crippen LogP contribution in [0.25, 0.3) is 0 Å². The van der Waals surface area contributed by atoms with Crippen LogP contribution < -0.4 is 5.73 Å². The molecule has 3 nitrogen and oxygen atoms in total. The lowest BCUT2D eigenvalue weighted by Crippen LogP contribution is -2.23. The molecule has 64 valence electrons. The Morgan fingerprint density at radius 1 is 1.82 bits per heavy atom. The highest BCUT2D eigenvalue weighted by molar-refractivity contribution is 5.76. The average Bonchev–Trinajstić information content (AvgIpc) is 2.39. The maximum Gasteiger partial charge on any atom is 0.220 e. The number of carbonyl (C=O) groups is 1. The summed E-state index contributed by atoms with van der Waals surface area (Å²) in [4.78, 5) is 10.7. The molecule has 11 heavy (non-hydrogen) atoms. The highest BCUT2D eigenvalue weighted by Gasteiger charge is 2.20. The molecule has 1 unspecified atom stereocenters. The molecule has 0 aromatic rings. The van der Waals surface area contributed by atoms with E-state index in [1.54, 1.807) is 0 Å². The second kappa shape index (κ2) is 3.72. The molecule has 2 N–H and O–H groups in total. The Hall–Kier alpha value is -0.570. The maximum atomic E-state index is 10.7. The molecule has 1 rings (SSSR count). The molecular weight excluding hydrogens is 142 g/mol. The van der Waals surface area contributed by atoms with Crippen molar-refractivity contribution in [3.8, 4) is 0 Å². The van der Waals surface area contributed by atoms with Crippen LogP contribution in [0.5, 0.6) is 0 Å². The lowest BCUT2D eigenvalue weighted by atomic mass is 9.95. The molecular formula is C8H15NO2. The number of hydrogen-bond acceptors (Lipinski definition) is 2. The normalized spacial score (nSPS) is 26.8. The van der Waals surface area contributed by atoms with Crippen molar-refractivity contribution in [2.24, 2.45) is 17.6 Å². The predicted octanol–water partition coefficient (Wildman–Crippen LogP) is 0.534. The number of amides is 1. The molecule has 3 heteroatoms. The zero-order valence-corrected chi connectivity index (χ0v) is 6.88. The minimum atomic E-state index is -0.197. The lowest BCUT2D eigenvalue weighted by molar-refractivity contribution is -0.121. The van der Waals surface area contributed by atoms with Crippen LogP contribution in [0.3, 0.4) is 0 Å². The molecule has 0 radical (unpaired) electrons. The highest BCUT2D eigenvalue weighted by Crippen LogP contribution is 2.20. The summed E-state index contributed by atoms with van der Waals surface area (Å²) in [6.07, 6.45) is 1.97. The van der Waals surface area contributed by atoms with Crippen molar-refractivity contribution >= 4 is 5.91 Å². The Morgan fingerprint density at radius 3 is 3.00 bits per heavy atom. The fraction of sp³-hybridized carbons (Fsp3) is 0.875. The van der Waals surface area contributed by atoms with Gasteiger partial charge in [0.1, 0.15) is 0 Å². The van der Waals surface area contributed by atoms with Crippen LogP contribution in [0.2, 0.25) is 0 Å². The zero-order valence-electron chi connectivity index (χ0n) is 6.88. The number of rotatable bonds is 3. The van der Waals surface area contributed by atoms with Gasteiger partial charge in [-0.1, -0.05) is 6.92 Å². The highest BCUT2D eigenvalue weighted by atomic mass is 16.5. The topological polar surface area (TPSA) is 52.3 Å². The summed E-state index contributed by atoms with van der Waals surface area (Å²) in [7, 11) is 0. The maximum absolute atomic E-state index is 10.7. The number of nitrogens with two attached hydrogens (primary N) is 1. The van der Waals surface area contributed by atoms with E-state index in [-0.39, 0.29) is 11.8 Å². The molecule has 0 aromatic heterocycles. The van der Waals surface area contributed by atoms with Gasteiger partial charge in [-0.25, -0.2) is 0 Å². The minimum Gasteiger partial charge on any atom is -0.381 e. The van der Waals surface area contributed by atoms with Gasteiger partial charge in [0.2, 0.25) is 5.91 Å². The van der Waals surface area contributed by atoms with Crippen molar-refractivity contribution in [1.82, 2.24) is 0 Å². The quantitative estimate of drug-likeness (QED) is 0.649. The van der Waals surface area contributed by atoms with Crippen LogP contribution in [0.1, 0.15) is 19.8 Å². The van der Waals surface area contributed by atoms with Crippen molar-refractivity contribution in [3.63, 3.8) is 0 Å². The van der Waals surface area contributed by atoms with E-state index < -0.39 is 0 Å². The average molecular weight is 157 g/mol. The van der Waals surface area contributed by atoms with Crippen LogP contribution in [-0.4, -0.2) is 19.1 Å². The number of hydrogen-bond donors (Lipinski definition) is 1. The fourth-order valence-corrected chi connectivity index (χ4v) is 1.39. The second-order valence-electron chi connectivity index (χ2n) is 3.27. The van der Waals surface area contributed by atoms with Crippen molar-refractivity contribution in [3.05, 3.63) is 0 Å². The van der Waals surface area contributed by atoms with Gasteiger partial charge in [0.05, 0.1) is 0 Å². The van der Waals surface area contributed by atoms with E-state index in [9.17, 15) is 4.79 Å². The summed E-state index contributed by atoms with van der Waals surface area (Å²) in [6, 6.07) is 0. The van der Waals surface area contributed by atoms with Crippen LogP contribution in [0, 0.1) is 11.8 Å². The Balaban J connectivity index is 2.23. The molecule has 1 fully saturated rings. The van der Waals surface area contributed by atoms with E-state index in [1.807, 2.05) is 6.92 Å². The van der Waals surface area contributed by atoms with Crippen LogP contribution in [-0.2, 0) is 9.53 Å². The third-order valence-electron chi connectivity index (χ3n) is 2.20. The van der Waals surface area contributed by atoms with Crippen LogP contribution in [0.4, 0.5) is 0 Å². The monoisotopic (exact) mass is 157 g/mol. The van der Waals surface area contributed by atoms with Crippen molar-refractivity contribution in [2.45, 2.75) is 19.8 Å². The lowest BCUT2D eigenvalue weighted by Gasteiger charge is -2.10. The molecule has 1 saturated heterocycles. The van der Waals surface area contributed by atoms with E-state index >= 15 is 0 Å². The molecule has 0 saturated carbocycles. The zero-order chi connectivity index (χ0) is 8.27. The fourth-order valence-electron chi connectivity index (χ4n) is 1.39. The summed E-state index contributed by atoms with van der Waals surface area (Å²) in [5.41, 5.74) is 5.13. The Labute approximate surface area is 66.9 Å². The Morgan fingerprint density at radius 2 is 2.55 bits per heavy atom. The summed E-state index contributed by atoms with van der Waals surface area (Å²) in [5.74, 6) is 0.357. The minimum absolute atomic E-state index is 0.00157. The van der Waals surface area contributed by atoms with Gasteiger partial charge in [-0.15, -0.1) is 0 Å². The van der Waals surface area contributed by atoms with Gasteiger partial charge in [0.15, 0.2) is 0 Å². The molecule has 1 aliphatic rings. The van der Waals surface area contributed by atoms with Crippen molar-refractivity contribution in [2.75, 3.05) is 13.2 Å². The van der Waals surface area contributed by atoms with Gasteiger partial charge in [-0.3, -0.25) is 4.79 Å².